The van der Waals surface area contributed by atoms with Gasteiger partial charge in [0, 0.05) is 55.5 Å². The van der Waals surface area contributed by atoms with E-state index in [2.05, 4.69) is 38.7 Å². The third-order valence-electron chi connectivity index (χ3n) is 9.29. The number of imidazole rings is 1. The lowest BCUT2D eigenvalue weighted by Crippen LogP contribution is -2.62. The molecule has 0 bridgehead atoms. The molecule has 0 saturated carbocycles. The van der Waals surface area contributed by atoms with E-state index in [-0.39, 0.29) is 11.9 Å². The molecule has 0 radical (unpaired) electrons. The molecule has 0 spiro atoms. The van der Waals surface area contributed by atoms with Gasteiger partial charge >= 0.3 is 6.09 Å². The second-order valence-corrected chi connectivity index (χ2v) is 15.0. The van der Waals surface area contributed by atoms with Crippen molar-refractivity contribution in [2.45, 2.75) is 77.7 Å². The van der Waals surface area contributed by atoms with Crippen molar-refractivity contribution >= 4 is 35.2 Å². The predicted octanol–water partition coefficient (Wildman–Crippen LogP) is 7.73. The smallest absolute Gasteiger partial charge is 0.411 e. The monoisotopic (exact) mass is 701 g/mol. The molecule has 1 fully saturated rings. The average Bonchev–Trinajstić information content (AvgIpc) is 3.41. The van der Waals surface area contributed by atoms with Crippen molar-refractivity contribution in [3.8, 4) is 0 Å². The maximum Gasteiger partial charge on any atom is 0.411 e. The molecular formula is C39H45Cl2N5O3. The summed E-state index contributed by atoms with van der Waals surface area (Å²) in [5, 5.41) is 1.40. The number of rotatable bonds is 8. The molecule has 0 N–H and O–H groups in total. The summed E-state index contributed by atoms with van der Waals surface area (Å²) in [6.45, 7) is 10.5. The van der Waals surface area contributed by atoms with E-state index in [9.17, 15) is 9.59 Å². The molecular weight excluding hydrogens is 657 g/mol. The third-order valence-corrected chi connectivity index (χ3v) is 9.76. The number of nitrogens with zero attached hydrogens (tertiary/aromatic N) is 5. The molecule has 1 atom stereocenters. The molecule has 1 aromatic heterocycles. The first-order chi connectivity index (χ1) is 23.4. The van der Waals surface area contributed by atoms with Crippen LogP contribution in [0.5, 0.6) is 0 Å². The molecule has 6 rings (SSSR count). The maximum absolute atomic E-state index is 14.9. The number of carbonyl (C=O) groups excluding carboxylic acids is 2. The predicted molar refractivity (Wildman–Crippen MR) is 194 cm³/mol. The van der Waals surface area contributed by atoms with E-state index in [1.165, 1.54) is 22.3 Å². The zero-order chi connectivity index (χ0) is 34.7. The fourth-order valence-electron chi connectivity index (χ4n) is 7.05. The molecule has 2 heterocycles. The molecule has 49 heavy (non-hydrogen) atoms. The number of hydrogen-bond donors (Lipinski definition) is 0. The Balaban J connectivity index is 1.35. The van der Waals surface area contributed by atoms with E-state index < -0.39 is 17.7 Å². The quantitative estimate of drug-likeness (QED) is 0.188. The van der Waals surface area contributed by atoms with Crippen LogP contribution < -0.4 is 0 Å². The topological polar surface area (TPSA) is 70.9 Å². The van der Waals surface area contributed by atoms with Gasteiger partial charge in [0.15, 0.2) is 0 Å². The summed E-state index contributed by atoms with van der Waals surface area (Å²) in [5.41, 5.74) is 5.99. The molecule has 10 heteroatoms. The highest BCUT2D eigenvalue weighted by molar-refractivity contribution is 6.31. The van der Waals surface area contributed by atoms with Gasteiger partial charge < -0.3 is 14.2 Å². The summed E-state index contributed by atoms with van der Waals surface area (Å²) in [6, 6.07) is 21.4. The van der Waals surface area contributed by atoms with Crippen LogP contribution in [-0.4, -0.2) is 74.1 Å². The minimum absolute atomic E-state index is 0.0949. The number of carbonyl (C=O) groups is 2. The van der Waals surface area contributed by atoms with Crippen molar-refractivity contribution in [2.24, 2.45) is 0 Å². The number of aryl methyl sites for hydroxylation is 4. The number of piperazine rings is 1. The first-order valence-corrected chi connectivity index (χ1v) is 17.8. The SMILES string of the molecule is Cc1cn(CCCN(Cc2ccccc2)C(=O)[C@H]2CN(C3c4ccc(Cl)cc4CCc4cc(Cl)ccc43)CCN2C(=O)OC(C)(C)C)cn1. The number of halogens is 2. The van der Waals surface area contributed by atoms with E-state index in [1.807, 2.05) is 87.6 Å². The largest absolute Gasteiger partial charge is 0.444 e. The lowest BCUT2D eigenvalue weighted by atomic mass is 9.92. The Hall–Kier alpha value is -3.85. The lowest BCUT2D eigenvalue weighted by Gasteiger charge is -2.45. The number of benzene rings is 3. The summed E-state index contributed by atoms with van der Waals surface area (Å²) in [5.74, 6) is -0.0949. The van der Waals surface area contributed by atoms with Crippen LogP contribution in [0.4, 0.5) is 4.79 Å². The molecule has 258 valence electrons. The van der Waals surface area contributed by atoms with Crippen molar-refractivity contribution in [2.75, 3.05) is 26.2 Å². The first kappa shape index (κ1) is 35.0. The summed E-state index contributed by atoms with van der Waals surface area (Å²) in [6.07, 6.45) is 5.77. The van der Waals surface area contributed by atoms with Gasteiger partial charge in [-0.2, -0.15) is 0 Å². The van der Waals surface area contributed by atoms with E-state index in [4.69, 9.17) is 27.9 Å². The van der Waals surface area contributed by atoms with E-state index in [0.29, 0.717) is 42.8 Å². The standard InChI is InChI=1S/C39H45Cl2N5O3/c1-27-23-43(26-42-27)17-8-18-45(24-28-9-6-5-7-10-28)37(47)35-25-44(19-20-46(35)38(48)49-39(2,3)4)36-33-15-13-31(40)21-29(33)11-12-30-22-32(41)14-16-34(30)36/h5-7,9-10,13-16,21-23,26,35-36H,8,11-12,17-20,24-25H2,1-4H3/t35-/m1/s1. The van der Waals surface area contributed by atoms with E-state index >= 15 is 0 Å². The van der Waals surface area contributed by atoms with Crippen LogP contribution in [0.2, 0.25) is 10.0 Å². The highest BCUT2D eigenvalue weighted by Crippen LogP contribution is 2.40. The lowest BCUT2D eigenvalue weighted by molar-refractivity contribution is -0.140. The molecule has 1 saturated heterocycles. The van der Waals surface area contributed by atoms with Crippen molar-refractivity contribution in [1.29, 1.82) is 0 Å². The number of ether oxygens (including phenoxy) is 1. The first-order valence-electron chi connectivity index (χ1n) is 17.1. The number of fused-ring (bicyclic) bond motifs is 2. The zero-order valence-electron chi connectivity index (χ0n) is 28.7. The van der Waals surface area contributed by atoms with Crippen molar-refractivity contribution in [3.05, 3.63) is 123 Å². The zero-order valence-corrected chi connectivity index (χ0v) is 30.3. The van der Waals surface area contributed by atoms with Crippen LogP contribution in [0, 0.1) is 6.92 Å². The van der Waals surface area contributed by atoms with Gasteiger partial charge in [0.05, 0.1) is 18.1 Å². The third kappa shape index (κ3) is 8.48. The van der Waals surface area contributed by atoms with Crippen LogP contribution in [0.25, 0.3) is 0 Å². The van der Waals surface area contributed by atoms with Crippen LogP contribution in [0.15, 0.2) is 79.3 Å². The molecule has 1 aliphatic carbocycles. The van der Waals surface area contributed by atoms with Gasteiger partial charge in [-0.1, -0.05) is 65.7 Å². The van der Waals surface area contributed by atoms with Gasteiger partial charge in [-0.15, -0.1) is 0 Å². The average molecular weight is 703 g/mol. The molecule has 3 aromatic carbocycles. The highest BCUT2D eigenvalue weighted by Gasteiger charge is 2.42. The molecule has 8 nitrogen and oxygen atoms in total. The molecule has 2 aliphatic rings. The fraction of sp³-hybridized carbons (Fsp3) is 0.410. The van der Waals surface area contributed by atoms with E-state index in [0.717, 1.165) is 37.1 Å². The minimum atomic E-state index is -0.752. The van der Waals surface area contributed by atoms with Crippen LogP contribution in [0.3, 0.4) is 0 Å². The number of amides is 2. The summed E-state index contributed by atoms with van der Waals surface area (Å²) >= 11 is 13.0. The van der Waals surface area contributed by atoms with Crippen molar-refractivity contribution in [1.82, 2.24) is 24.3 Å². The Labute approximate surface area is 299 Å². The van der Waals surface area contributed by atoms with Crippen LogP contribution in [0.1, 0.15) is 66.7 Å². The number of hydrogen-bond acceptors (Lipinski definition) is 5. The van der Waals surface area contributed by atoms with Gasteiger partial charge in [0.25, 0.3) is 0 Å². The summed E-state index contributed by atoms with van der Waals surface area (Å²) in [7, 11) is 0. The fourth-order valence-corrected chi connectivity index (χ4v) is 7.44. The number of aromatic nitrogens is 2. The van der Waals surface area contributed by atoms with Gasteiger partial charge in [-0.3, -0.25) is 14.6 Å². The second kappa shape index (κ2) is 15.0. The second-order valence-electron chi connectivity index (χ2n) is 14.1. The van der Waals surface area contributed by atoms with E-state index in [1.54, 1.807) is 4.90 Å². The highest BCUT2D eigenvalue weighted by atomic mass is 35.5. The Bertz CT molecular complexity index is 1730. The van der Waals surface area contributed by atoms with Gasteiger partial charge in [-0.05, 0) is 99.0 Å². The van der Waals surface area contributed by atoms with Crippen molar-refractivity contribution < 1.29 is 14.3 Å². The molecule has 1 aliphatic heterocycles. The Morgan fingerprint density at radius 1 is 0.939 bits per heavy atom. The van der Waals surface area contributed by atoms with Gasteiger partial charge in [-0.25, -0.2) is 9.78 Å². The normalized spacial score (nSPS) is 16.9. The van der Waals surface area contributed by atoms with Crippen LogP contribution in [-0.2, 0) is 35.5 Å². The van der Waals surface area contributed by atoms with Gasteiger partial charge in [0.2, 0.25) is 5.91 Å². The molecule has 0 unspecified atom stereocenters. The Morgan fingerprint density at radius 3 is 2.18 bits per heavy atom. The Kier molecular flexibility index (Phi) is 10.7. The Morgan fingerprint density at radius 2 is 1.59 bits per heavy atom. The maximum atomic E-state index is 14.9. The van der Waals surface area contributed by atoms with Crippen molar-refractivity contribution in [3.63, 3.8) is 0 Å². The molecule has 2 amide bonds. The summed E-state index contributed by atoms with van der Waals surface area (Å²) < 4.78 is 7.95. The summed E-state index contributed by atoms with van der Waals surface area (Å²) in [4.78, 5) is 38.9. The van der Waals surface area contributed by atoms with Gasteiger partial charge in [0.1, 0.15) is 11.6 Å². The van der Waals surface area contributed by atoms with Crippen LogP contribution >= 0.6 is 23.2 Å². The minimum Gasteiger partial charge on any atom is -0.444 e. The molecule has 4 aromatic rings.